The van der Waals surface area contributed by atoms with Crippen LogP contribution in [0.5, 0.6) is 0 Å². The van der Waals surface area contributed by atoms with Crippen LogP contribution in [0.3, 0.4) is 0 Å². The molecule has 122 valence electrons. The lowest BCUT2D eigenvalue weighted by atomic mass is 10.3. The second-order valence-electron chi connectivity index (χ2n) is 6.00. The monoisotopic (exact) mass is 339 g/mol. The highest BCUT2D eigenvalue weighted by Crippen LogP contribution is 2.27. The third kappa shape index (κ3) is 3.33. The molecule has 0 unspecified atom stereocenters. The first-order valence-electron chi connectivity index (χ1n) is 7.84. The Bertz CT molecular complexity index is 900. The highest BCUT2D eigenvalue weighted by molar-refractivity contribution is 7.80. The molecule has 0 saturated heterocycles. The summed E-state index contributed by atoms with van der Waals surface area (Å²) in [5.41, 5.74) is 2.76. The minimum Gasteiger partial charge on any atom is -0.362 e. The number of nitrogens with one attached hydrogen (secondary N) is 2. The Labute approximate surface area is 144 Å². The second kappa shape index (κ2) is 6.12. The van der Waals surface area contributed by atoms with E-state index in [1.54, 1.807) is 12.5 Å². The van der Waals surface area contributed by atoms with Gasteiger partial charge in [0.2, 0.25) is 0 Å². The first-order valence-corrected chi connectivity index (χ1v) is 8.25. The lowest BCUT2D eigenvalue weighted by Gasteiger charge is -2.09. The Hall–Kier alpha value is -2.61. The summed E-state index contributed by atoms with van der Waals surface area (Å²) < 4.78 is 1.87. The van der Waals surface area contributed by atoms with Crippen LogP contribution in [0, 0.1) is 5.92 Å². The molecule has 0 aromatic carbocycles. The molecule has 1 fully saturated rings. The SMILES string of the molecule is Cn1cnc(-c2cnc3ccc(NC(=S)NCC4CC4)nc3n2)c1. The van der Waals surface area contributed by atoms with Gasteiger partial charge in [-0.2, -0.15) is 0 Å². The van der Waals surface area contributed by atoms with Crippen molar-refractivity contribution in [1.29, 1.82) is 0 Å². The quantitative estimate of drug-likeness (QED) is 0.705. The third-order valence-corrected chi connectivity index (χ3v) is 4.11. The maximum absolute atomic E-state index is 5.30. The number of pyridine rings is 1. The Morgan fingerprint density at radius 3 is 2.88 bits per heavy atom. The van der Waals surface area contributed by atoms with Gasteiger partial charge in [-0.25, -0.2) is 15.0 Å². The number of aromatic nitrogens is 5. The number of nitrogens with zero attached hydrogens (tertiary/aromatic N) is 5. The van der Waals surface area contributed by atoms with Gasteiger partial charge in [0.05, 0.1) is 12.5 Å². The molecule has 1 saturated carbocycles. The maximum atomic E-state index is 5.30. The molecule has 3 heterocycles. The lowest BCUT2D eigenvalue weighted by Crippen LogP contribution is -2.30. The number of fused-ring (bicyclic) bond motifs is 1. The number of hydrogen-bond donors (Lipinski definition) is 2. The van der Waals surface area contributed by atoms with E-state index >= 15 is 0 Å². The Morgan fingerprint density at radius 1 is 1.25 bits per heavy atom. The largest absolute Gasteiger partial charge is 0.362 e. The first-order chi connectivity index (χ1) is 11.7. The van der Waals surface area contributed by atoms with Gasteiger partial charge in [0.15, 0.2) is 10.8 Å². The van der Waals surface area contributed by atoms with E-state index in [1.807, 2.05) is 29.9 Å². The van der Waals surface area contributed by atoms with Gasteiger partial charge in [-0.1, -0.05) is 0 Å². The van der Waals surface area contributed by atoms with Crippen LogP contribution in [0.1, 0.15) is 12.8 Å². The number of imidazole rings is 1. The summed E-state index contributed by atoms with van der Waals surface area (Å²) in [6, 6.07) is 3.73. The molecule has 3 aromatic rings. The number of aryl methyl sites for hydroxylation is 1. The van der Waals surface area contributed by atoms with E-state index in [0.717, 1.165) is 23.7 Å². The fraction of sp³-hybridized carbons (Fsp3) is 0.312. The molecule has 1 aliphatic carbocycles. The van der Waals surface area contributed by atoms with Crippen molar-refractivity contribution in [2.45, 2.75) is 12.8 Å². The minimum absolute atomic E-state index is 0.563. The summed E-state index contributed by atoms with van der Waals surface area (Å²) in [5.74, 6) is 1.42. The van der Waals surface area contributed by atoms with Crippen LogP contribution in [-0.2, 0) is 7.05 Å². The number of hydrogen-bond acceptors (Lipinski definition) is 5. The van der Waals surface area contributed by atoms with Gasteiger partial charge < -0.3 is 15.2 Å². The molecule has 3 aromatic heterocycles. The van der Waals surface area contributed by atoms with Crippen LogP contribution in [-0.4, -0.2) is 36.2 Å². The van der Waals surface area contributed by atoms with Crippen molar-refractivity contribution >= 4 is 34.3 Å². The second-order valence-corrected chi connectivity index (χ2v) is 6.41. The fourth-order valence-electron chi connectivity index (χ4n) is 2.36. The number of anilines is 1. The van der Waals surface area contributed by atoms with E-state index in [4.69, 9.17) is 12.2 Å². The Balaban J connectivity index is 1.55. The van der Waals surface area contributed by atoms with Crippen molar-refractivity contribution in [2.75, 3.05) is 11.9 Å². The highest BCUT2D eigenvalue weighted by Gasteiger charge is 2.20. The zero-order valence-electron chi connectivity index (χ0n) is 13.2. The number of thiocarbonyl (C=S) groups is 1. The topological polar surface area (TPSA) is 80.5 Å². The van der Waals surface area contributed by atoms with Crippen LogP contribution in [0.4, 0.5) is 5.82 Å². The maximum Gasteiger partial charge on any atom is 0.180 e. The molecule has 0 radical (unpaired) electrons. The lowest BCUT2D eigenvalue weighted by molar-refractivity contribution is 0.777. The van der Waals surface area contributed by atoms with Crippen molar-refractivity contribution < 1.29 is 0 Å². The summed E-state index contributed by atoms with van der Waals surface area (Å²) in [7, 11) is 1.92. The van der Waals surface area contributed by atoms with Gasteiger partial charge in [0, 0.05) is 19.8 Å². The van der Waals surface area contributed by atoms with Crippen LogP contribution < -0.4 is 10.6 Å². The molecule has 0 spiro atoms. The van der Waals surface area contributed by atoms with Gasteiger partial charge >= 0.3 is 0 Å². The van der Waals surface area contributed by atoms with Gasteiger partial charge in [-0.3, -0.25) is 4.98 Å². The van der Waals surface area contributed by atoms with E-state index in [1.165, 1.54) is 12.8 Å². The van der Waals surface area contributed by atoms with Crippen LogP contribution in [0.15, 0.2) is 30.9 Å². The molecule has 2 N–H and O–H groups in total. The zero-order chi connectivity index (χ0) is 16.5. The summed E-state index contributed by atoms with van der Waals surface area (Å²) >= 11 is 5.30. The van der Waals surface area contributed by atoms with Gasteiger partial charge in [-0.05, 0) is 43.1 Å². The molecule has 0 amide bonds. The molecule has 0 atom stereocenters. The van der Waals surface area contributed by atoms with Crippen molar-refractivity contribution in [2.24, 2.45) is 13.0 Å². The van der Waals surface area contributed by atoms with Gasteiger partial charge in [0.25, 0.3) is 0 Å². The van der Waals surface area contributed by atoms with Crippen LogP contribution >= 0.6 is 12.2 Å². The highest BCUT2D eigenvalue weighted by atomic mass is 32.1. The molecule has 4 rings (SSSR count). The van der Waals surface area contributed by atoms with E-state index < -0.39 is 0 Å². The summed E-state index contributed by atoms with van der Waals surface area (Å²) in [6.07, 6.45) is 7.91. The first kappa shape index (κ1) is 14.9. The fourth-order valence-corrected chi connectivity index (χ4v) is 2.54. The summed E-state index contributed by atoms with van der Waals surface area (Å²) in [4.78, 5) is 17.8. The van der Waals surface area contributed by atoms with E-state index in [0.29, 0.717) is 22.3 Å². The van der Waals surface area contributed by atoms with Crippen molar-refractivity contribution in [1.82, 2.24) is 29.8 Å². The van der Waals surface area contributed by atoms with Crippen molar-refractivity contribution in [3.05, 3.63) is 30.9 Å². The molecule has 1 aliphatic rings. The molecule has 0 bridgehead atoms. The predicted octanol–water partition coefficient (Wildman–Crippen LogP) is 2.12. The number of rotatable bonds is 4. The van der Waals surface area contributed by atoms with Crippen molar-refractivity contribution in [3.63, 3.8) is 0 Å². The van der Waals surface area contributed by atoms with Crippen LogP contribution in [0.2, 0.25) is 0 Å². The molecule has 8 heteroatoms. The average molecular weight is 339 g/mol. The van der Waals surface area contributed by atoms with Crippen LogP contribution in [0.25, 0.3) is 22.6 Å². The van der Waals surface area contributed by atoms with Crippen molar-refractivity contribution in [3.8, 4) is 11.4 Å². The zero-order valence-corrected chi connectivity index (χ0v) is 14.0. The average Bonchev–Trinajstić information content (AvgIpc) is 3.32. The standard InChI is InChI=1S/C16H17N7S/c1-23-8-13(19-9-23)12-7-17-11-4-5-14(21-15(11)20-12)22-16(24)18-6-10-2-3-10/h4-5,7-10H,2-3,6H2,1H3,(H2,18,20,21,22,24). The normalized spacial score (nSPS) is 13.9. The Morgan fingerprint density at radius 2 is 2.12 bits per heavy atom. The molecule has 0 aliphatic heterocycles. The van der Waals surface area contributed by atoms with Gasteiger partial charge in [0.1, 0.15) is 22.7 Å². The van der Waals surface area contributed by atoms with E-state index in [-0.39, 0.29) is 0 Å². The molecule has 7 nitrogen and oxygen atoms in total. The Kier molecular flexibility index (Phi) is 3.81. The smallest absolute Gasteiger partial charge is 0.180 e. The molecular weight excluding hydrogens is 322 g/mol. The molecular formula is C16H17N7S. The van der Waals surface area contributed by atoms with Gasteiger partial charge in [-0.15, -0.1) is 0 Å². The predicted molar refractivity (Wildman–Crippen MR) is 96.5 cm³/mol. The molecule has 24 heavy (non-hydrogen) atoms. The van der Waals surface area contributed by atoms with E-state index in [9.17, 15) is 0 Å². The summed E-state index contributed by atoms with van der Waals surface area (Å²) in [6.45, 7) is 0.920. The third-order valence-electron chi connectivity index (χ3n) is 3.86. The van der Waals surface area contributed by atoms with E-state index in [2.05, 4.69) is 30.6 Å². The minimum atomic E-state index is 0.563. The summed E-state index contributed by atoms with van der Waals surface area (Å²) in [5, 5.41) is 6.90.